The maximum Gasteiger partial charge on any atom is 0.179 e. The topological polar surface area (TPSA) is 63.4 Å². The Morgan fingerprint density at radius 1 is 1.19 bits per heavy atom. The van der Waals surface area contributed by atoms with Gasteiger partial charge in [0.1, 0.15) is 0 Å². The molecule has 1 unspecified atom stereocenters. The number of halogens is 1. The summed E-state index contributed by atoms with van der Waals surface area (Å²) in [5.41, 5.74) is 5.99. The van der Waals surface area contributed by atoms with Crippen molar-refractivity contribution < 1.29 is 8.42 Å². The second-order valence-corrected chi connectivity index (χ2v) is 8.32. The molecule has 0 spiro atoms. The zero-order chi connectivity index (χ0) is 16.0. The Morgan fingerprint density at radius 3 is 2.29 bits per heavy atom. The number of rotatable bonds is 8. The predicted octanol–water partition coefficient (Wildman–Crippen LogP) is 2.42. The third kappa shape index (κ3) is 6.34. The van der Waals surface area contributed by atoms with Gasteiger partial charge in [0, 0.05) is 17.6 Å². The van der Waals surface area contributed by atoms with Gasteiger partial charge in [-0.25, -0.2) is 8.42 Å². The Morgan fingerprint density at radius 2 is 1.76 bits per heavy atom. The first kappa shape index (κ1) is 18.4. The van der Waals surface area contributed by atoms with Crippen molar-refractivity contribution >= 4 is 21.4 Å². The normalized spacial score (nSPS) is 13.9. The molecule has 1 rings (SSSR count). The van der Waals surface area contributed by atoms with Crippen molar-refractivity contribution in [2.24, 2.45) is 11.7 Å². The van der Waals surface area contributed by atoms with Gasteiger partial charge in [0.25, 0.3) is 0 Å². The van der Waals surface area contributed by atoms with E-state index < -0.39 is 9.84 Å². The molecule has 21 heavy (non-hydrogen) atoms. The van der Waals surface area contributed by atoms with Gasteiger partial charge in [-0.1, -0.05) is 25.4 Å². The fraction of sp³-hybridized carbons (Fsp3) is 0.600. The second kappa shape index (κ2) is 8.13. The van der Waals surface area contributed by atoms with Crippen LogP contribution in [0.1, 0.15) is 20.3 Å². The highest BCUT2D eigenvalue weighted by atomic mass is 35.5. The number of nitrogens with two attached hydrogens (primary N) is 1. The van der Waals surface area contributed by atoms with Gasteiger partial charge < -0.3 is 10.6 Å². The van der Waals surface area contributed by atoms with Crippen molar-refractivity contribution in [1.82, 2.24) is 4.90 Å². The van der Waals surface area contributed by atoms with Crippen LogP contribution in [0.5, 0.6) is 0 Å². The van der Waals surface area contributed by atoms with Crippen molar-refractivity contribution in [3.63, 3.8) is 0 Å². The average molecular weight is 333 g/mol. The van der Waals surface area contributed by atoms with E-state index >= 15 is 0 Å². The van der Waals surface area contributed by atoms with E-state index in [9.17, 15) is 8.42 Å². The first-order valence-corrected chi connectivity index (χ1v) is 9.18. The van der Waals surface area contributed by atoms with E-state index in [0.717, 1.165) is 13.0 Å². The van der Waals surface area contributed by atoms with Crippen molar-refractivity contribution in [1.29, 1.82) is 0 Å². The zero-order valence-corrected chi connectivity index (χ0v) is 14.5. The Balaban J connectivity index is 2.48. The second-order valence-electron chi connectivity index (χ2n) is 5.77. The summed E-state index contributed by atoms with van der Waals surface area (Å²) in [7, 11) is -1.34. The van der Waals surface area contributed by atoms with Gasteiger partial charge in [0.05, 0.1) is 10.6 Å². The molecular formula is C15H25ClN2O2S. The number of hydrogen-bond acceptors (Lipinski definition) is 4. The highest BCUT2D eigenvalue weighted by Gasteiger charge is 2.16. The summed E-state index contributed by atoms with van der Waals surface area (Å²) < 4.78 is 24.4. The molecule has 2 N–H and O–H groups in total. The van der Waals surface area contributed by atoms with E-state index in [1.54, 1.807) is 24.3 Å². The number of sulfone groups is 1. The molecule has 0 saturated heterocycles. The smallest absolute Gasteiger partial charge is 0.179 e. The molecule has 0 aliphatic heterocycles. The van der Waals surface area contributed by atoms with E-state index in [4.69, 9.17) is 17.3 Å². The van der Waals surface area contributed by atoms with Gasteiger partial charge in [0.15, 0.2) is 9.84 Å². The minimum Gasteiger partial charge on any atom is -0.327 e. The van der Waals surface area contributed by atoms with Crippen LogP contribution in [-0.4, -0.2) is 45.2 Å². The van der Waals surface area contributed by atoms with E-state index in [1.807, 2.05) is 11.9 Å². The SMILES string of the molecule is CC(C)C(N)CCN(C)CCS(=O)(=O)c1ccc(Cl)cc1. The first-order chi connectivity index (χ1) is 9.72. The third-order valence-corrected chi connectivity index (χ3v) is 5.58. The van der Waals surface area contributed by atoms with Crippen LogP contribution in [0.25, 0.3) is 0 Å². The van der Waals surface area contributed by atoms with Gasteiger partial charge in [-0.2, -0.15) is 0 Å². The van der Waals surface area contributed by atoms with E-state index in [1.165, 1.54) is 0 Å². The third-order valence-electron chi connectivity index (χ3n) is 3.61. The predicted molar refractivity (Wildman–Crippen MR) is 88.4 cm³/mol. The monoisotopic (exact) mass is 332 g/mol. The summed E-state index contributed by atoms with van der Waals surface area (Å²) >= 11 is 5.77. The van der Waals surface area contributed by atoms with E-state index in [-0.39, 0.29) is 11.8 Å². The van der Waals surface area contributed by atoms with Crippen molar-refractivity contribution in [3.05, 3.63) is 29.3 Å². The Hall–Kier alpha value is -0.620. The largest absolute Gasteiger partial charge is 0.327 e. The lowest BCUT2D eigenvalue weighted by atomic mass is 10.0. The number of hydrogen-bond donors (Lipinski definition) is 1. The van der Waals surface area contributed by atoms with Gasteiger partial charge in [-0.3, -0.25) is 0 Å². The minimum atomic E-state index is -3.26. The summed E-state index contributed by atoms with van der Waals surface area (Å²) in [6, 6.07) is 6.44. The Bertz CT molecular complexity index is 529. The zero-order valence-electron chi connectivity index (χ0n) is 12.9. The summed E-state index contributed by atoms with van der Waals surface area (Å²) in [6.45, 7) is 5.48. The first-order valence-electron chi connectivity index (χ1n) is 7.15. The summed E-state index contributed by atoms with van der Waals surface area (Å²) in [5, 5.41) is 0.536. The van der Waals surface area contributed by atoms with Crippen LogP contribution in [-0.2, 0) is 9.84 Å². The lowest BCUT2D eigenvalue weighted by Gasteiger charge is -2.21. The minimum absolute atomic E-state index is 0.0993. The van der Waals surface area contributed by atoms with Crippen LogP contribution in [0.2, 0.25) is 5.02 Å². The summed E-state index contributed by atoms with van der Waals surface area (Å²) in [5.74, 6) is 0.540. The summed E-state index contributed by atoms with van der Waals surface area (Å²) in [4.78, 5) is 2.33. The lowest BCUT2D eigenvalue weighted by Crippen LogP contribution is -2.33. The molecule has 0 fully saturated rings. The summed E-state index contributed by atoms with van der Waals surface area (Å²) in [6.07, 6.45) is 0.870. The molecule has 0 bridgehead atoms. The van der Waals surface area contributed by atoms with E-state index in [2.05, 4.69) is 13.8 Å². The van der Waals surface area contributed by atoms with Gasteiger partial charge in [0.2, 0.25) is 0 Å². The molecule has 0 heterocycles. The van der Waals surface area contributed by atoms with Crippen molar-refractivity contribution in [2.75, 3.05) is 25.9 Å². The molecule has 1 aromatic carbocycles. The fourth-order valence-electron chi connectivity index (χ4n) is 1.85. The average Bonchev–Trinajstić information content (AvgIpc) is 2.43. The standard InChI is InChI=1S/C15H25ClN2O2S/c1-12(2)15(17)8-9-18(3)10-11-21(19,20)14-6-4-13(16)5-7-14/h4-7,12,15H,8-11,17H2,1-3H3. The van der Waals surface area contributed by atoms with Crippen LogP contribution in [0.15, 0.2) is 29.2 Å². The van der Waals surface area contributed by atoms with Crippen LogP contribution in [0, 0.1) is 5.92 Å². The van der Waals surface area contributed by atoms with Crippen molar-refractivity contribution in [3.8, 4) is 0 Å². The van der Waals surface area contributed by atoms with Gasteiger partial charge in [-0.05, 0) is 50.2 Å². The molecule has 1 aromatic rings. The molecule has 120 valence electrons. The quantitative estimate of drug-likeness (QED) is 0.794. The Labute approximate surface area is 133 Å². The lowest BCUT2D eigenvalue weighted by molar-refractivity contribution is 0.316. The molecule has 0 aromatic heterocycles. The number of benzene rings is 1. The molecule has 0 amide bonds. The molecule has 0 aliphatic carbocycles. The molecule has 0 saturated carbocycles. The fourth-order valence-corrected chi connectivity index (χ4v) is 3.31. The van der Waals surface area contributed by atoms with Crippen LogP contribution >= 0.6 is 11.6 Å². The Kier molecular flexibility index (Phi) is 7.13. The number of nitrogens with zero attached hydrogens (tertiary/aromatic N) is 1. The molecule has 4 nitrogen and oxygen atoms in total. The maximum absolute atomic E-state index is 12.2. The van der Waals surface area contributed by atoms with Crippen LogP contribution in [0.3, 0.4) is 0 Å². The molecule has 1 atom stereocenters. The van der Waals surface area contributed by atoms with Crippen LogP contribution in [0.4, 0.5) is 0 Å². The molecular weight excluding hydrogens is 308 g/mol. The molecule has 0 radical (unpaired) electrons. The molecule has 0 aliphatic rings. The van der Waals surface area contributed by atoms with Gasteiger partial charge >= 0.3 is 0 Å². The highest BCUT2D eigenvalue weighted by molar-refractivity contribution is 7.91. The van der Waals surface area contributed by atoms with Crippen molar-refractivity contribution in [2.45, 2.75) is 31.2 Å². The van der Waals surface area contributed by atoms with Gasteiger partial charge in [-0.15, -0.1) is 0 Å². The van der Waals surface area contributed by atoms with Crippen LogP contribution < -0.4 is 5.73 Å². The highest BCUT2D eigenvalue weighted by Crippen LogP contribution is 2.15. The molecule has 6 heteroatoms. The van der Waals surface area contributed by atoms with E-state index in [0.29, 0.717) is 22.4 Å². The maximum atomic E-state index is 12.2.